The normalized spacial score (nSPS) is 21.2. The van der Waals surface area contributed by atoms with Crippen LogP contribution in [0.1, 0.15) is 36.5 Å². The van der Waals surface area contributed by atoms with Gasteiger partial charge in [-0.2, -0.15) is 0 Å². The third-order valence-corrected chi connectivity index (χ3v) is 4.18. The highest BCUT2D eigenvalue weighted by Crippen LogP contribution is 2.36. The van der Waals surface area contributed by atoms with Crippen LogP contribution in [-0.2, 0) is 9.57 Å². The summed E-state index contributed by atoms with van der Waals surface area (Å²) in [7, 11) is 0. The Balaban J connectivity index is 1.96. The third-order valence-electron chi connectivity index (χ3n) is 4.18. The SMILES string of the molecule is CCCO[C@H](C1=NO[C@@H](CO)[C@@H]1c1ccccc1)c1ccccc1. The highest BCUT2D eigenvalue weighted by atomic mass is 16.7. The van der Waals surface area contributed by atoms with E-state index in [0.29, 0.717) is 6.61 Å². The van der Waals surface area contributed by atoms with Crippen molar-refractivity contribution >= 4 is 5.71 Å². The first kappa shape index (κ1) is 16.7. The van der Waals surface area contributed by atoms with E-state index in [4.69, 9.17) is 9.57 Å². The van der Waals surface area contributed by atoms with E-state index in [2.05, 4.69) is 12.1 Å². The number of aliphatic hydroxyl groups is 1. The summed E-state index contributed by atoms with van der Waals surface area (Å²) >= 11 is 0. The molecule has 0 spiro atoms. The van der Waals surface area contributed by atoms with Crippen molar-refractivity contribution in [3.05, 3.63) is 71.8 Å². The molecule has 3 rings (SSSR count). The molecule has 0 unspecified atom stereocenters. The van der Waals surface area contributed by atoms with E-state index < -0.39 is 0 Å². The fourth-order valence-electron chi connectivity index (χ4n) is 3.05. The summed E-state index contributed by atoms with van der Waals surface area (Å²) in [5.74, 6) is -0.113. The molecule has 0 saturated heterocycles. The number of benzene rings is 2. The Kier molecular flexibility index (Phi) is 5.62. The number of nitrogens with zero attached hydrogens (tertiary/aromatic N) is 1. The maximum Gasteiger partial charge on any atom is 0.162 e. The van der Waals surface area contributed by atoms with Gasteiger partial charge in [-0.05, 0) is 17.5 Å². The standard InChI is InChI=1S/C20H23NO3/c1-2-13-23-20(16-11-7-4-8-12-16)19-18(17(14-22)24-21-19)15-9-5-3-6-10-15/h3-12,17-18,20,22H,2,13-14H2,1H3/t17-,18-,20-/m0/s1. The Morgan fingerprint density at radius 3 is 2.38 bits per heavy atom. The molecule has 4 nitrogen and oxygen atoms in total. The number of ether oxygens (including phenoxy) is 1. The molecule has 0 aromatic heterocycles. The minimum absolute atomic E-state index is 0.0815. The van der Waals surface area contributed by atoms with Crippen molar-refractivity contribution in [1.82, 2.24) is 0 Å². The van der Waals surface area contributed by atoms with Gasteiger partial charge in [0.1, 0.15) is 11.8 Å². The number of aliphatic hydroxyl groups excluding tert-OH is 1. The van der Waals surface area contributed by atoms with Gasteiger partial charge in [0.25, 0.3) is 0 Å². The average molecular weight is 325 g/mol. The van der Waals surface area contributed by atoms with Crippen LogP contribution >= 0.6 is 0 Å². The van der Waals surface area contributed by atoms with E-state index in [1.54, 1.807) is 0 Å². The second-order valence-corrected chi connectivity index (χ2v) is 5.89. The molecule has 1 N–H and O–H groups in total. The summed E-state index contributed by atoms with van der Waals surface area (Å²) in [6.45, 7) is 2.64. The Morgan fingerprint density at radius 1 is 1.08 bits per heavy atom. The second-order valence-electron chi connectivity index (χ2n) is 5.89. The highest BCUT2D eigenvalue weighted by Gasteiger charge is 2.39. The first-order chi connectivity index (χ1) is 11.8. The van der Waals surface area contributed by atoms with Crippen LogP contribution in [0.5, 0.6) is 0 Å². The number of rotatable bonds is 7. The van der Waals surface area contributed by atoms with Crippen LogP contribution in [0.15, 0.2) is 65.8 Å². The molecular weight excluding hydrogens is 302 g/mol. The summed E-state index contributed by atoms with van der Waals surface area (Å²) in [5.41, 5.74) is 2.95. The zero-order valence-corrected chi connectivity index (χ0v) is 13.8. The lowest BCUT2D eigenvalue weighted by Crippen LogP contribution is -2.29. The van der Waals surface area contributed by atoms with Gasteiger partial charge in [0.2, 0.25) is 0 Å². The van der Waals surface area contributed by atoms with Gasteiger partial charge in [0, 0.05) is 6.61 Å². The molecule has 4 heteroatoms. The van der Waals surface area contributed by atoms with Gasteiger partial charge >= 0.3 is 0 Å². The Hall–Kier alpha value is -2.17. The molecule has 3 atom stereocenters. The lowest BCUT2D eigenvalue weighted by Gasteiger charge is -2.24. The van der Waals surface area contributed by atoms with E-state index in [-0.39, 0.29) is 24.7 Å². The smallest absolute Gasteiger partial charge is 0.162 e. The topological polar surface area (TPSA) is 51.0 Å². The van der Waals surface area contributed by atoms with Gasteiger partial charge in [-0.3, -0.25) is 0 Å². The van der Waals surface area contributed by atoms with Crippen molar-refractivity contribution in [3.8, 4) is 0 Å². The summed E-state index contributed by atoms with van der Waals surface area (Å²) < 4.78 is 6.11. The molecule has 0 bridgehead atoms. The Morgan fingerprint density at radius 2 is 1.75 bits per heavy atom. The lowest BCUT2D eigenvalue weighted by molar-refractivity contribution is 0.0307. The van der Waals surface area contributed by atoms with Gasteiger partial charge in [-0.15, -0.1) is 0 Å². The van der Waals surface area contributed by atoms with Gasteiger partial charge in [-0.25, -0.2) is 0 Å². The molecule has 1 aliphatic rings. The van der Waals surface area contributed by atoms with E-state index in [9.17, 15) is 5.11 Å². The van der Waals surface area contributed by atoms with Crippen LogP contribution in [0, 0.1) is 0 Å². The second kappa shape index (κ2) is 8.08. The van der Waals surface area contributed by atoms with Gasteiger partial charge < -0.3 is 14.7 Å². The van der Waals surface area contributed by atoms with Crippen molar-refractivity contribution in [2.24, 2.45) is 5.16 Å². The number of hydrogen-bond donors (Lipinski definition) is 1. The molecular formula is C20H23NO3. The molecule has 0 saturated carbocycles. The average Bonchev–Trinajstić information content (AvgIpc) is 3.07. The quantitative estimate of drug-likeness (QED) is 0.845. The minimum atomic E-state index is -0.376. The first-order valence-corrected chi connectivity index (χ1v) is 8.41. The van der Waals surface area contributed by atoms with E-state index in [1.807, 2.05) is 60.7 Å². The highest BCUT2D eigenvalue weighted by molar-refractivity contribution is 5.96. The van der Waals surface area contributed by atoms with Crippen LogP contribution in [-0.4, -0.2) is 30.1 Å². The first-order valence-electron chi connectivity index (χ1n) is 8.41. The molecule has 2 aromatic carbocycles. The maximum atomic E-state index is 9.70. The fourth-order valence-corrected chi connectivity index (χ4v) is 3.05. The molecule has 1 heterocycles. The molecule has 0 amide bonds. The maximum absolute atomic E-state index is 9.70. The predicted octanol–water partition coefficient (Wildman–Crippen LogP) is 3.69. The van der Waals surface area contributed by atoms with Crippen LogP contribution in [0.25, 0.3) is 0 Å². The number of hydrogen-bond acceptors (Lipinski definition) is 4. The van der Waals surface area contributed by atoms with Crippen molar-refractivity contribution < 1.29 is 14.7 Å². The summed E-state index contributed by atoms with van der Waals surface area (Å²) in [6.07, 6.45) is 0.281. The zero-order chi connectivity index (χ0) is 16.8. The van der Waals surface area contributed by atoms with Gasteiger partial charge in [0.15, 0.2) is 6.10 Å². The molecule has 0 fully saturated rings. The molecule has 0 aliphatic carbocycles. The molecule has 24 heavy (non-hydrogen) atoms. The lowest BCUT2D eigenvalue weighted by atomic mass is 9.85. The zero-order valence-electron chi connectivity index (χ0n) is 13.8. The van der Waals surface area contributed by atoms with Gasteiger partial charge in [0.05, 0.1) is 12.5 Å². The third kappa shape index (κ3) is 3.50. The summed E-state index contributed by atoms with van der Waals surface area (Å²) in [5, 5.41) is 14.0. The van der Waals surface area contributed by atoms with E-state index in [0.717, 1.165) is 23.3 Å². The summed E-state index contributed by atoms with van der Waals surface area (Å²) in [6, 6.07) is 20.1. The molecule has 126 valence electrons. The van der Waals surface area contributed by atoms with E-state index >= 15 is 0 Å². The fraction of sp³-hybridized carbons (Fsp3) is 0.350. The van der Waals surface area contributed by atoms with Crippen LogP contribution in [0.4, 0.5) is 0 Å². The van der Waals surface area contributed by atoms with Crippen molar-refractivity contribution in [2.45, 2.75) is 31.5 Å². The van der Waals surface area contributed by atoms with Crippen molar-refractivity contribution in [3.63, 3.8) is 0 Å². The predicted molar refractivity (Wildman–Crippen MR) is 94.0 cm³/mol. The number of oxime groups is 1. The Labute approximate surface area is 142 Å². The van der Waals surface area contributed by atoms with Crippen molar-refractivity contribution in [1.29, 1.82) is 0 Å². The Bertz CT molecular complexity index is 657. The largest absolute Gasteiger partial charge is 0.392 e. The molecule has 2 aromatic rings. The minimum Gasteiger partial charge on any atom is -0.392 e. The van der Waals surface area contributed by atoms with Crippen LogP contribution < -0.4 is 0 Å². The van der Waals surface area contributed by atoms with Gasteiger partial charge in [-0.1, -0.05) is 72.7 Å². The molecule has 0 radical (unpaired) electrons. The van der Waals surface area contributed by atoms with Crippen molar-refractivity contribution in [2.75, 3.05) is 13.2 Å². The summed E-state index contributed by atoms with van der Waals surface area (Å²) in [4.78, 5) is 5.52. The van der Waals surface area contributed by atoms with E-state index in [1.165, 1.54) is 0 Å². The van der Waals surface area contributed by atoms with Crippen LogP contribution in [0.2, 0.25) is 0 Å². The monoisotopic (exact) mass is 325 g/mol. The van der Waals surface area contributed by atoms with Crippen LogP contribution in [0.3, 0.4) is 0 Å². The molecule has 1 aliphatic heterocycles.